The standard InChI is InChI=1S/C20H26F2N4O2/c21-19(22)17-13-15-3-1-6-23-20(15)26(17)7-5-18(27)25-10-8-24(9-11-25)14-16-4-2-12-28-16/h1,3,6,13,16,19H,2,4-5,7-12,14H2. The minimum atomic E-state index is -2.59. The summed E-state index contributed by atoms with van der Waals surface area (Å²) < 4.78 is 34.0. The molecule has 1 amide bonds. The number of aryl methyl sites for hydroxylation is 1. The average molecular weight is 392 g/mol. The minimum absolute atomic E-state index is 0.00904. The maximum Gasteiger partial charge on any atom is 0.278 e. The quantitative estimate of drug-likeness (QED) is 0.759. The van der Waals surface area contributed by atoms with Crippen molar-refractivity contribution >= 4 is 16.9 Å². The van der Waals surface area contributed by atoms with Gasteiger partial charge in [-0.05, 0) is 31.0 Å². The molecule has 2 aromatic rings. The molecule has 4 rings (SSSR count). The van der Waals surface area contributed by atoms with Gasteiger partial charge in [0, 0.05) is 63.9 Å². The number of rotatable bonds is 6. The lowest BCUT2D eigenvalue weighted by atomic mass is 10.2. The molecule has 0 spiro atoms. The molecule has 2 saturated heterocycles. The molecule has 0 bridgehead atoms. The molecular formula is C20H26F2N4O2. The van der Waals surface area contributed by atoms with Crippen molar-refractivity contribution in [1.82, 2.24) is 19.4 Å². The van der Waals surface area contributed by atoms with Gasteiger partial charge in [0.1, 0.15) is 5.65 Å². The Balaban J connectivity index is 1.32. The molecule has 6 nitrogen and oxygen atoms in total. The fourth-order valence-corrected chi connectivity index (χ4v) is 4.14. The van der Waals surface area contributed by atoms with Gasteiger partial charge in [-0.1, -0.05) is 0 Å². The number of carbonyl (C=O) groups is 1. The van der Waals surface area contributed by atoms with Crippen LogP contribution in [-0.2, 0) is 16.1 Å². The summed E-state index contributed by atoms with van der Waals surface area (Å²) in [6.07, 6.45) is 1.77. The zero-order valence-electron chi connectivity index (χ0n) is 15.9. The summed E-state index contributed by atoms with van der Waals surface area (Å²) in [6.45, 7) is 5.03. The Morgan fingerprint density at radius 1 is 1.29 bits per heavy atom. The molecule has 0 aliphatic carbocycles. The summed E-state index contributed by atoms with van der Waals surface area (Å²) >= 11 is 0. The number of fused-ring (bicyclic) bond motifs is 1. The fraction of sp³-hybridized carbons (Fsp3) is 0.600. The van der Waals surface area contributed by atoms with Crippen molar-refractivity contribution in [3.8, 4) is 0 Å². The van der Waals surface area contributed by atoms with Gasteiger partial charge >= 0.3 is 0 Å². The summed E-state index contributed by atoms with van der Waals surface area (Å²) in [5.74, 6) is 0.00904. The molecule has 0 radical (unpaired) electrons. The van der Waals surface area contributed by atoms with E-state index in [0.29, 0.717) is 30.2 Å². The molecule has 2 aliphatic rings. The molecular weight excluding hydrogens is 366 g/mol. The van der Waals surface area contributed by atoms with E-state index in [1.54, 1.807) is 18.3 Å². The minimum Gasteiger partial charge on any atom is -0.377 e. The number of alkyl halides is 2. The lowest BCUT2D eigenvalue weighted by Gasteiger charge is -2.35. The molecule has 2 aliphatic heterocycles. The van der Waals surface area contributed by atoms with Crippen LogP contribution >= 0.6 is 0 Å². The number of piperazine rings is 1. The Labute approximate surface area is 163 Å². The SMILES string of the molecule is O=C(CCn1c(C(F)F)cc2cccnc21)N1CCN(CC2CCCO2)CC1. The maximum absolute atomic E-state index is 13.4. The number of hydrogen-bond acceptors (Lipinski definition) is 4. The van der Waals surface area contributed by atoms with Gasteiger partial charge in [-0.15, -0.1) is 0 Å². The molecule has 4 heterocycles. The number of pyridine rings is 1. The van der Waals surface area contributed by atoms with Crippen molar-refractivity contribution in [1.29, 1.82) is 0 Å². The smallest absolute Gasteiger partial charge is 0.278 e. The monoisotopic (exact) mass is 392 g/mol. The summed E-state index contributed by atoms with van der Waals surface area (Å²) in [5, 5.41) is 0.674. The third-order valence-corrected chi connectivity index (χ3v) is 5.67. The van der Waals surface area contributed by atoms with E-state index in [-0.39, 0.29) is 24.6 Å². The summed E-state index contributed by atoms with van der Waals surface area (Å²) in [6, 6.07) is 4.95. The summed E-state index contributed by atoms with van der Waals surface area (Å²) in [7, 11) is 0. The van der Waals surface area contributed by atoms with Gasteiger partial charge in [-0.3, -0.25) is 9.69 Å². The van der Waals surface area contributed by atoms with Crippen molar-refractivity contribution in [3.63, 3.8) is 0 Å². The van der Waals surface area contributed by atoms with E-state index in [9.17, 15) is 13.6 Å². The molecule has 2 aromatic heterocycles. The predicted octanol–water partition coefficient (Wildman–Crippen LogP) is 2.69. The molecule has 0 aromatic carbocycles. The third kappa shape index (κ3) is 4.17. The second-order valence-corrected chi connectivity index (χ2v) is 7.50. The van der Waals surface area contributed by atoms with Crippen molar-refractivity contribution in [2.45, 2.75) is 38.3 Å². The van der Waals surface area contributed by atoms with Crippen LogP contribution in [0.25, 0.3) is 11.0 Å². The normalized spacial score (nSPS) is 21.1. The average Bonchev–Trinajstić information content (AvgIpc) is 3.34. The van der Waals surface area contributed by atoms with Gasteiger partial charge in [-0.25, -0.2) is 13.8 Å². The van der Waals surface area contributed by atoms with E-state index in [2.05, 4.69) is 9.88 Å². The number of aromatic nitrogens is 2. The Bertz CT molecular complexity index is 812. The van der Waals surface area contributed by atoms with E-state index < -0.39 is 6.43 Å². The van der Waals surface area contributed by atoms with Crippen LogP contribution in [0, 0.1) is 0 Å². The van der Waals surface area contributed by atoms with E-state index in [1.807, 2.05) is 4.90 Å². The number of nitrogens with zero attached hydrogens (tertiary/aromatic N) is 4. The first kappa shape index (κ1) is 19.3. The van der Waals surface area contributed by atoms with Crippen LogP contribution in [0.1, 0.15) is 31.4 Å². The van der Waals surface area contributed by atoms with Crippen molar-refractivity contribution in [2.24, 2.45) is 0 Å². The Kier molecular flexibility index (Phi) is 5.87. The largest absolute Gasteiger partial charge is 0.377 e. The molecule has 0 saturated carbocycles. The first-order valence-corrected chi connectivity index (χ1v) is 9.96. The van der Waals surface area contributed by atoms with Crippen molar-refractivity contribution < 1.29 is 18.3 Å². The highest BCUT2D eigenvalue weighted by Gasteiger charge is 2.25. The molecule has 1 atom stereocenters. The Hall–Kier alpha value is -2.06. The van der Waals surface area contributed by atoms with E-state index in [1.165, 1.54) is 10.6 Å². The van der Waals surface area contributed by atoms with E-state index >= 15 is 0 Å². The first-order chi connectivity index (χ1) is 13.6. The molecule has 152 valence electrons. The van der Waals surface area contributed by atoms with Gasteiger partial charge in [-0.2, -0.15) is 0 Å². The summed E-state index contributed by atoms with van der Waals surface area (Å²) in [4.78, 5) is 21.0. The summed E-state index contributed by atoms with van der Waals surface area (Å²) in [5.41, 5.74) is 0.426. The van der Waals surface area contributed by atoms with Gasteiger partial charge in [0.15, 0.2) is 0 Å². The zero-order valence-corrected chi connectivity index (χ0v) is 15.9. The van der Waals surface area contributed by atoms with Gasteiger partial charge < -0.3 is 14.2 Å². The van der Waals surface area contributed by atoms with Gasteiger partial charge in [0.25, 0.3) is 6.43 Å². The highest BCUT2D eigenvalue weighted by Crippen LogP contribution is 2.26. The second kappa shape index (κ2) is 8.53. The van der Waals surface area contributed by atoms with Crippen LogP contribution in [0.3, 0.4) is 0 Å². The zero-order chi connectivity index (χ0) is 19.5. The van der Waals surface area contributed by atoms with Crippen LogP contribution in [-0.4, -0.2) is 70.7 Å². The second-order valence-electron chi connectivity index (χ2n) is 7.50. The lowest BCUT2D eigenvalue weighted by Crippen LogP contribution is -2.50. The van der Waals surface area contributed by atoms with Crippen LogP contribution in [0.4, 0.5) is 8.78 Å². The molecule has 1 unspecified atom stereocenters. The number of ether oxygens (including phenoxy) is 1. The molecule has 28 heavy (non-hydrogen) atoms. The van der Waals surface area contributed by atoms with Crippen LogP contribution in [0.2, 0.25) is 0 Å². The first-order valence-electron chi connectivity index (χ1n) is 9.96. The Morgan fingerprint density at radius 3 is 2.82 bits per heavy atom. The van der Waals surface area contributed by atoms with Gasteiger partial charge in [0.05, 0.1) is 11.8 Å². The molecule has 8 heteroatoms. The molecule has 2 fully saturated rings. The fourth-order valence-electron chi connectivity index (χ4n) is 4.14. The number of hydrogen-bond donors (Lipinski definition) is 0. The topological polar surface area (TPSA) is 50.6 Å². The van der Waals surface area contributed by atoms with Gasteiger partial charge in [0.2, 0.25) is 5.91 Å². The predicted molar refractivity (Wildman–Crippen MR) is 101 cm³/mol. The number of halogens is 2. The highest BCUT2D eigenvalue weighted by atomic mass is 19.3. The number of carbonyl (C=O) groups excluding carboxylic acids is 1. The lowest BCUT2D eigenvalue weighted by molar-refractivity contribution is -0.133. The Morgan fingerprint density at radius 2 is 2.11 bits per heavy atom. The third-order valence-electron chi connectivity index (χ3n) is 5.67. The van der Waals surface area contributed by atoms with Crippen LogP contribution in [0.5, 0.6) is 0 Å². The highest BCUT2D eigenvalue weighted by molar-refractivity contribution is 5.79. The van der Waals surface area contributed by atoms with Crippen LogP contribution in [0.15, 0.2) is 24.4 Å². The van der Waals surface area contributed by atoms with E-state index in [4.69, 9.17) is 4.74 Å². The van der Waals surface area contributed by atoms with E-state index in [0.717, 1.165) is 39.1 Å². The maximum atomic E-state index is 13.4. The van der Waals surface area contributed by atoms with Crippen molar-refractivity contribution in [3.05, 3.63) is 30.1 Å². The van der Waals surface area contributed by atoms with Crippen LogP contribution < -0.4 is 0 Å². The van der Waals surface area contributed by atoms with Crippen molar-refractivity contribution in [2.75, 3.05) is 39.3 Å². The number of amides is 1. The molecule has 0 N–H and O–H groups in total.